The van der Waals surface area contributed by atoms with Crippen LogP contribution in [0.2, 0.25) is 0 Å². The first kappa shape index (κ1) is 32.5. The topological polar surface area (TPSA) is 91.3 Å². The Labute approximate surface area is 267 Å². The summed E-state index contributed by atoms with van der Waals surface area (Å²) in [6.07, 6.45) is 5.14. The first-order valence-electron chi connectivity index (χ1n) is 16.3. The molecule has 1 saturated carbocycles. The molecule has 45 heavy (non-hydrogen) atoms. The van der Waals surface area contributed by atoms with Crippen LogP contribution < -0.4 is 14.8 Å². The van der Waals surface area contributed by atoms with Crippen molar-refractivity contribution in [3.05, 3.63) is 83.9 Å². The molecule has 1 fully saturated rings. The lowest BCUT2D eigenvalue weighted by atomic mass is 9.88. The van der Waals surface area contributed by atoms with Gasteiger partial charge in [0.2, 0.25) is 11.8 Å². The molecule has 0 unspecified atom stereocenters. The summed E-state index contributed by atoms with van der Waals surface area (Å²) >= 11 is 0. The van der Waals surface area contributed by atoms with E-state index in [4.69, 9.17) is 9.47 Å². The van der Waals surface area contributed by atoms with Crippen LogP contribution in [0, 0.1) is 11.8 Å². The number of fused-ring (bicyclic) bond motifs is 1. The van der Waals surface area contributed by atoms with Crippen molar-refractivity contribution in [3.8, 4) is 17.2 Å². The van der Waals surface area contributed by atoms with Gasteiger partial charge < -0.3 is 24.8 Å². The number of likely N-dealkylation sites (N-methyl/N-ethyl adjacent to an activating group) is 1. The Morgan fingerprint density at radius 2 is 1.76 bits per heavy atom. The van der Waals surface area contributed by atoms with E-state index < -0.39 is 0 Å². The van der Waals surface area contributed by atoms with Crippen molar-refractivity contribution in [1.82, 2.24) is 9.80 Å². The maximum absolute atomic E-state index is 13.6. The number of aliphatic hydroxyl groups is 1. The van der Waals surface area contributed by atoms with Gasteiger partial charge in [0, 0.05) is 42.7 Å². The Hall–Kier alpha value is -3.88. The van der Waals surface area contributed by atoms with Crippen LogP contribution in [0.25, 0.3) is 0 Å². The normalized spacial score (nSPS) is 19.9. The van der Waals surface area contributed by atoms with E-state index in [1.165, 1.54) is 6.42 Å². The molecule has 3 aromatic carbocycles. The molecule has 0 aromatic heterocycles. The second kappa shape index (κ2) is 15.4. The summed E-state index contributed by atoms with van der Waals surface area (Å²) in [5.74, 6) is 2.28. The molecule has 2 aliphatic rings. The fourth-order valence-electron chi connectivity index (χ4n) is 6.31. The molecule has 240 valence electrons. The molecular weight excluding hydrogens is 566 g/mol. The molecule has 5 rings (SSSR count). The summed E-state index contributed by atoms with van der Waals surface area (Å²) in [5.41, 5.74) is 2.58. The Bertz CT molecular complexity index is 1410. The summed E-state index contributed by atoms with van der Waals surface area (Å²) in [7, 11) is 2.07. The minimum absolute atomic E-state index is 0.00341. The molecule has 0 radical (unpaired) electrons. The van der Waals surface area contributed by atoms with Crippen molar-refractivity contribution in [3.63, 3.8) is 0 Å². The monoisotopic (exact) mass is 613 g/mol. The molecule has 2 N–H and O–H groups in total. The first-order valence-corrected chi connectivity index (χ1v) is 16.3. The molecule has 8 nitrogen and oxygen atoms in total. The average Bonchev–Trinajstić information content (AvgIpc) is 3.09. The van der Waals surface area contributed by atoms with Crippen LogP contribution in [0.5, 0.6) is 17.2 Å². The van der Waals surface area contributed by atoms with Crippen LogP contribution in [-0.4, -0.2) is 65.6 Å². The number of ether oxygens (including phenoxy) is 2. The standard InChI is InChI=1S/C37H47N3O5/c1-26-22-40(27(2)25-41)36(42)21-30-20-31(38-37(43)29-10-6-4-7-11-29)16-19-34(30)45-35(26)24-39(3)23-28-14-17-33(18-15-28)44-32-12-8-5-9-13-32/h5,8-9,12-20,26-27,29,35,41H,4,6-7,10-11,21-25H2,1-3H3,(H,38,43)/t26-,27+,35+/m1/s1. The van der Waals surface area contributed by atoms with Crippen LogP contribution in [-0.2, 0) is 22.6 Å². The van der Waals surface area contributed by atoms with Gasteiger partial charge in [0.05, 0.1) is 19.1 Å². The van der Waals surface area contributed by atoms with Crippen LogP contribution >= 0.6 is 0 Å². The summed E-state index contributed by atoms with van der Waals surface area (Å²) in [6.45, 7) is 5.69. The average molecular weight is 614 g/mol. The number of hydrogen-bond donors (Lipinski definition) is 2. The predicted octanol–water partition coefficient (Wildman–Crippen LogP) is 6.28. The quantitative estimate of drug-likeness (QED) is 0.280. The highest BCUT2D eigenvalue weighted by Gasteiger charge is 2.31. The highest BCUT2D eigenvalue weighted by Crippen LogP contribution is 2.31. The van der Waals surface area contributed by atoms with Gasteiger partial charge in [-0.15, -0.1) is 0 Å². The summed E-state index contributed by atoms with van der Waals surface area (Å²) in [5, 5.41) is 13.1. The minimum atomic E-state index is -0.314. The SMILES string of the molecule is C[C@@H]1CN([C@@H](C)CO)C(=O)Cc2cc(NC(=O)C3CCCCC3)ccc2O[C@H]1CN(C)Cc1ccc(Oc2ccccc2)cc1. The number of benzene rings is 3. The van der Waals surface area contributed by atoms with Gasteiger partial charge in [-0.05, 0) is 74.8 Å². The number of hydrogen-bond acceptors (Lipinski definition) is 6. The molecule has 8 heteroatoms. The molecular formula is C37H47N3O5. The van der Waals surface area contributed by atoms with Gasteiger partial charge in [0.15, 0.2) is 0 Å². The molecule has 0 saturated heterocycles. The predicted molar refractivity (Wildman–Crippen MR) is 176 cm³/mol. The molecule has 1 heterocycles. The van der Waals surface area contributed by atoms with Crippen molar-refractivity contribution >= 4 is 17.5 Å². The zero-order chi connectivity index (χ0) is 31.8. The highest BCUT2D eigenvalue weighted by molar-refractivity contribution is 5.93. The molecule has 2 amide bonds. The summed E-state index contributed by atoms with van der Waals surface area (Å²) in [4.78, 5) is 30.5. The van der Waals surface area contributed by atoms with Crippen LogP contribution in [0.1, 0.15) is 57.1 Å². The third-order valence-electron chi connectivity index (χ3n) is 9.01. The Morgan fingerprint density at radius 3 is 2.47 bits per heavy atom. The van der Waals surface area contributed by atoms with Crippen LogP contribution in [0.4, 0.5) is 5.69 Å². The molecule has 3 atom stereocenters. The number of anilines is 1. The van der Waals surface area contributed by atoms with Crippen LogP contribution in [0.15, 0.2) is 72.8 Å². The lowest BCUT2D eigenvalue weighted by molar-refractivity contribution is -0.134. The summed E-state index contributed by atoms with van der Waals surface area (Å²) in [6, 6.07) is 23.2. The Kier molecular flexibility index (Phi) is 11.1. The second-order valence-corrected chi connectivity index (χ2v) is 12.8. The van der Waals surface area contributed by atoms with Crippen molar-refractivity contribution in [2.45, 2.75) is 71.1 Å². The smallest absolute Gasteiger partial charge is 0.227 e. The lowest BCUT2D eigenvalue weighted by Gasteiger charge is -2.34. The van der Waals surface area contributed by atoms with Crippen LogP contribution in [0.3, 0.4) is 0 Å². The number of nitrogens with zero attached hydrogens (tertiary/aromatic N) is 2. The van der Waals surface area contributed by atoms with Gasteiger partial charge >= 0.3 is 0 Å². The number of aliphatic hydroxyl groups excluding tert-OH is 1. The first-order chi connectivity index (χ1) is 21.8. The molecule has 1 aliphatic heterocycles. The number of carbonyl (C=O) groups excluding carboxylic acids is 2. The van der Waals surface area contributed by atoms with E-state index in [1.54, 1.807) is 4.90 Å². The van der Waals surface area contributed by atoms with Gasteiger partial charge in [-0.2, -0.15) is 0 Å². The van der Waals surface area contributed by atoms with Gasteiger partial charge in [0.25, 0.3) is 0 Å². The van der Waals surface area contributed by atoms with E-state index in [9.17, 15) is 14.7 Å². The van der Waals surface area contributed by atoms with E-state index in [2.05, 4.69) is 36.3 Å². The maximum Gasteiger partial charge on any atom is 0.227 e. The molecule has 1 aliphatic carbocycles. The van der Waals surface area contributed by atoms with E-state index >= 15 is 0 Å². The summed E-state index contributed by atoms with van der Waals surface area (Å²) < 4.78 is 12.6. The van der Waals surface area contributed by atoms with E-state index in [0.29, 0.717) is 31.1 Å². The van der Waals surface area contributed by atoms with Gasteiger partial charge in [0.1, 0.15) is 23.4 Å². The van der Waals surface area contributed by atoms with Gasteiger partial charge in [-0.3, -0.25) is 14.5 Å². The third kappa shape index (κ3) is 8.86. The largest absolute Gasteiger partial charge is 0.488 e. The van der Waals surface area contributed by atoms with E-state index in [0.717, 1.165) is 48.3 Å². The molecule has 0 spiro atoms. The van der Waals surface area contributed by atoms with Gasteiger partial charge in [-0.1, -0.05) is 56.5 Å². The fourth-order valence-corrected chi connectivity index (χ4v) is 6.31. The van der Waals surface area contributed by atoms with Crippen molar-refractivity contribution in [2.75, 3.05) is 32.1 Å². The number of carbonyl (C=O) groups is 2. The number of para-hydroxylation sites is 1. The number of rotatable bonds is 10. The van der Waals surface area contributed by atoms with Crippen molar-refractivity contribution in [1.29, 1.82) is 0 Å². The fraction of sp³-hybridized carbons (Fsp3) is 0.459. The van der Waals surface area contributed by atoms with Crippen molar-refractivity contribution < 1.29 is 24.2 Å². The molecule has 3 aromatic rings. The Morgan fingerprint density at radius 1 is 1.04 bits per heavy atom. The lowest BCUT2D eigenvalue weighted by Crippen LogP contribution is -2.47. The zero-order valence-electron chi connectivity index (χ0n) is 26.8. The van der Waals surface area contributed by atoms with Crippen molar-refractivity contribution in [2.24, 2.45) is 11.8 Å². The third-order valence-corrected chi connectivity index (χ3v) is 9.01. The van der Waals surface area contributed by atoms with E-state index in [1.807, 2.05) is 67.6 Å². The second-order valence-electron chi connectivity index (χ2n) is 12.8. The number of amides is 2. The minimum Gasteiger partial charge on any atom is -0.488 e. The number of nitrogens with one attached hydrogen (secondary N) is 1. The zero-order valence-corrected chi connectivity index (χ0v) is 26.8. The molecule has 0 bridgehead atoms. The maximum atomic E-state index is 13.6. The van der Waals surface area contributed by atoms with Gasteiger partial charge in [-0.25, -0.2) is 0 Å². The Balaban J connectivity index is 1.30. The van der Waals surface area contributed by atoms with E-state index in [-0.39, 0.29) is 48.8 Å². The highest BCUT2D eigenvalue weighted by atomic mass is 16.5.